The molecule has 1 aliphatic rings. The first kappa shape index (κ1) is 19.3. The Morgan fingerprint density at radius 2 is 2.17 bits per heavy atom. The maximum atomic E-state index is 12.7. The third-order valence-electron chi connectivity index (χ3n) is 4.14. The normalized spacial score (nSPS) is 21.2. The van der Waals surface area contributed by atoms with E-state index in [0.717, 1.165) is 29.2 Å². The average molecular weight is 388 g/mol. The molecule has 1 saturated heterocycles. The first-order chi connectivity index (χ1) is 11.0. The Balaban J connectivity index is 0.00000208. The third-order valence-corrected chi connectivity index (χ3v) is 6.64. The standard InChI is InChI=1S/C16H21N3O2S2.ClH/c1-11-6-7-17-9-15(11)19-23(20,21)14-5-3-4-13(8-14)16-18-12(2)10-22-16;/h3-5,8,10-11,15,17,19H,6-7,9H2,1-2H3;1H. The van der Waals surface area contributed by atoms with Gasteiger partial charge in [0.2, 0.25) is 10.0 Å². The monoisotopic (exact) mass is 387 g/mol. The first-order valence-electron chi connectivity index (χ1n) is 7.71. The van der Waals surface area contributed by atoms with E-state index >= 15 is 0 Å². The molecule has 1 aromatic heterocycles. The fourth-order valence-electron chi connectivity index (χ4n) is 2.70. The van der Waals surface area contributed by atoms with Crippen LogP contribution in [0.4, 0.5) is 0 Å². The lowest BCUT2D eigenvalue weighted by Crippen LogP contribution is -2.50. The van der Waals surface area contributed by atoms with Crippen LogP contribution in [0, 0.1) is 12.8 Å². The van der Waals surface area contributed by atoms with E-state index in [-0.39, 0.29) is 18.4 Å². The van der Waals surface area contributed by atoms with Crippen molar-refractivity contribution in [2.45, 2.75) is 31.2 Å². The van der Waals surface area contributed by atoms with Crippen LogP contribution in [0.1, 0.15) is 19.0 Å². The van der Waals surface area contributed by atoms with Gasteiger partial charge in [0.05, 0.1) is 4.90 Å². The van der Waals surface area contributed by atoms with Gasteiger partial charge >= 0.3 is 0 Å². The Hall–Kier alpha value is -0.990. The number of halogens is 1. The van der Waals surface area contributed by atoms with Gasteiger partial charge in [-0.3, -0.25) is 0 Å². The highest BCUT2D eigenvalue weighted by atomic mass is 35.5. The molecule has 2 aromatic rings. The molecule has 0 amide bonds. The zero-order valence-electron chi connectivity index (χ0n) is 13.7. The van der Waals surface area contributed by atoms with E-state index in [1.807, 2.05) is 18.4 Å². The quantitative estimate of drug-likeness (QED) is 0.846. The summed E-state index contributed by atoms with van der Waals surface area (Å²) in [7, 11) is -3.53. The number of nitrogens with zero attached hydrogens (tertiary/aromatic N) is 1. The number of rotatable bonds is 4. The van der Waals surface area contributed by atoms with E-state index in [0.29, 0.717) is 17.4 Å². The second-order valence-corrected chi connectivity index (χ2v) is 8.59. The fourth-order valence-corrected chi connectivity index (χ4v) is 4.88. The third kappa shape index (κ3) is 4.34. The van der Waals surface area contributed by atoms with Crippen LogP contribution in [-0.2, 0) is 10.0 Å². The molecule has 24 heavy (non-hydrogen) atoms. The predicted octanol–water partition coefficient (Wildman–Crippen LogP) is 2.82. The summed E-state index contributed by atoms with van der Waals surface area (Å²) >= 11 is 1.52. The lowest BCUT2D eigenvalue weighted by molar-refractivity contribution is 0.327. The van der Waals surface area contributed by atoms with Gasteiger partial charge in [-0.2, -0.15) is 0 Å². The topological polar surface area (TPSA) is 71.1 Å². The van der Waals surface area contributed by atoms with Gasteiger partial charge in [0.1, 0.15) is 5.01 Å². The molecular formula is C16H22ClN3O2S2. The second kappa shape index (κ2) is 7.93. The van der Waals surface area contributed by atoms with Gasteiger partial charge in [-0.25, -0.2) is 18.1 Å². The van der Waals surface area contributed by atoms with Gasteiger partial charge in [0.25, 0.3) is 0 Å². The van der Waals surface area contributed by atoms with Crippen molar-refractivity contribution in [1.82, 2.24) is 15.0 Å². The molecule has 2 N–H and O–H groups in total. The smallest absolute Gasteiger partial charge is 0.240 e. The predicted molar refractivity (Wildman–Crippen MR) is 100 cm³/mol. The van der Waals surface area contributed by atoms with Crippen LogP contribution in [0.25, 0.3) is 10.6 Å². The maximum Gasteiger partial charge on any atom is 0.240 e. The molecule has 8 heteroatoms. The Bertz CT molecular complexity index is 792. The number of aryl methyl sites for hydroxylation is 1. The molecule has 132 valence electrons. The van der Waals surface area contributed by atoms with Crippen molar-refractivity contribution in [3.05, 3.63) is 35.3 Å². The van der Waals surface area contributed by atoms with Gasteiger partial charge in [-0.15, -0.1) is 23.7 Å². The van der Waals surface area contributed by atoms with Crippen LogP contribution in [0.2, 0.25) is 0 Å². The van der Waals surface area contributed by atoms with Crippen LogP contribution in [0.3, 0.4) is 0 Å². The summed E-state index contributed by atoms with van der Waals surface area (Å²) in [5.74, 6) is 0.329. The molecule has 0 bridgehead atoms. The van der Waals surface area contributed by atoms with Crippen LogP contribution < -0.4 is 10.0 Å². The van der Waals surface area contributed by atoms with E-state index in [1.54, 1.807) is 18.2 Å². The molecule has 1 aromatic carbocycles. The number of aromatic nitrogens is 1. The lowest BCUT2D eigenvalue weighted by Gasteiger charge is -2.30. The maximum absolute atomic E-state index is 12.7. The number of sulfonamides is 1. The largest absolute Gasteiger partial charge is 0.315 e. The molecule has 0 spiro atoms. The first-order valence-corrected chi connectivity index (χ1v) is 10.1. The summed E-state index contributed by atoms with van der Waals surface area (Å²) in [4.78, 5) is 4.72. The molecule has 5 nitrogen and oxygen atoms in total. The van der Waals surface area contributed by atoms with Crippen molar-refractivity contribution >= 4 is 33.8 Å². The minimum absolute atomic E-state index is 0. The van der Waals surface area contributed by atoms with Gasteiger partial charge in [0.15, 0.2) is 0 Å². The van der Waals surface area contributed by atoms with Crippen molar-refractivity contribution in [2.75, 3.05) is 13.1 Å². The van der Waals surface area contributed by atoms with Gasteiger partial charge in [0, 0.05) is 29.2 Å². The Morgan fingerprint density at radius 3 is 2.83 bits per heavy atom. The van der Waals surface area contributed by atoms with Crippen molar-refractivity contribution in [3.63, 3.8) is 0 Å². The molecule has 1 fully saturated rings. The summed E-state index contributed by atoms with van der Waals surface area (Å²) < 4.78 is 28.2. The molecule has 0 saturated carbocycles. The van der Waals surface area contributed by atoms with Crippen LogP contribution in [-0.4, -0.2) is 32.5 Å². The highest BCUT2D eigenvalue weighted by Gasteiger charge is 2.26. The highest BCUT2D eigenvalue weighted by Crippen LogP contribution is 2.26. The molecule has 1 aliphatic heterocycles. The van der Waals surface area contributed by atoms with E-state index in [9.17, 15) is 8.42 Å². The van der Waals surface area contributed by atoms with Crippen molar-refractivity contribution in [2.24, 2.45) is 5.92 Å². The molecule has 2 atom stereocenters. The zero-order valence-corrected chi connectivity index (χ0v) is 16.1. The SMILES string of the molecule is Cc1csc(-c2cccc(S(=O)(=O)NC3CNCCC3C)c2)n1.Cl. The minimum atomic E-state index is -3.53. The number of piperidine rings is 1. The van der Waals surface area contributed by atoms with Gasteiger partial charge < -0.3 is 5.32 Å². The summed E-state index contributed by atoms with van der Waals surface area (Å²) in [6.07, 6.45) is 0.978. The van der Waals surface area contributed by atoms with Crippen LogP contribution >= 0.6 is 23.7 Å². The van der Waals surface area contributed by atoms with Crippen molar-refractivity contribution in [1.29, 1.82) is 0 Å². The molecule has 2 unspecified atom stereocenters. The summed E-state index contributed by atoms with van der Waals surface area (Å²) in [6.45, 7) is 5.63. The Morgan fingerprint density at radius 1 is 1.38 bits per heavy atom. The van der Waals surface area contributed by atoms with E-state index in [2.05, 4.69) is 21.9 Å². The second-order valence-electron chi connectivity index (χ2n) is 6.02. The fraction of sp³-hybridized carbons (Fsp3) is 0.438. The number of thiazole rings is 1. The van der Waals surface area contributed by atoms with E-state index in [4.69, 9.17) is 0 Å². The number of nitrogens with one attached hydrogen (secondary N) is 2. The molecule has 0 aliphatic carbocycles. The number of hydrogen-bond acceptors (Lipinski definition) is 5. The summed E-state index contributed by atoms with van der Waals surface area (Å²) in [6, 6.07) is 6.92. The Kier molecular flexibility index (Phi) is 6.39. The molecule has 3 rings (SSSR count). The highest BCUT2D eigenvalue weighted by molar-refractivity contribution is 7.89. The van der Waals surface area contributed by atoms with E-state index < -0.39 is 10.0 Å². The molecule has 2 heterocycles. The summed E-state index contributed by atoms with van der Waals surface area (Å²) in [5, 5.41) is 6.05. The number of hydrogen-bond donors (Lipinski definition) is 2. The number of benzene rings is 1. The molecular weight excluding hydrogens is 366 g/mol. The minimum Gasteiger partial charge on any atom is -0.315 e. The molecule has 0 radical (unpaired) electrons. The van der Waals surface area contributed by atoms with Crippen molar-refractivity contribution < 1.29 is 8.42 Å². The van der Waals surface area contributed by atoms with Crippen LogP contribution in [0.5, 0.6) is 0 Å². The van der Waals surface area contributed by atoms with Gasteiger partial charge in [-0.1, -0.05) is 19.1 Å². The summed E-state index contributed by atoms with van der Waals surface area (Å²) in [5.41, 5.74) is 1.78. The Labute approximate surface area is 153 Å². The van der Waals surface area contributed by atoms with Crippen molar-refractivity contribution in [3.8, 4) is 10.6 Å². The lowest BCUT2D eigenvalue weighted by atomic mass is 9.96. The average Bonchev–Trinajstić information content (AvgIpc) is 2.96. The van der Waals surface area contributed by atoms with E-state index in [1.165, 1.54) is 11.3 Å². The van der Waals surface area contributed by atoms with Crippen LogP contribution in [0.15, 0.2) is 34.5 Å². The van der Waals surface area contributed by atoms with Gasteiger partial charge in [-0.05, 0) is 37.9 Å². The zero-order chi connectivity index (χ0) is 16.4.